The molecule has 2 aliphatic heterocycles. The predicted octanol–water partition coefficient (Wildman–Crippen LogP) is 24.6. The molecule has 115 heavy (non-hydrogen) atoms. The Balaban J connectivity index is 0.491. The summed E-state index contributed by atoms with van der Waals surface area (Å²) in [7, 11) is -7.30. The van der Waals surface area contributed by atoms with E-state index in [0.29, 0.717) is 75.1 Å². The fourth-order valence-electron chi connectivity index (χ4n) is 15.3. The minimum Gasteiger partial charge on any atom is -0.507 e. The Morgan fingerprint density at radius 3 is 1.04 bits per heavy atom. The normalized spacial score (nSPS) is 14.5. The second-order valence-corrected chi connectivity index (χ2v) is 34.8. The van der Waals surface area contributed by atoms with Crippen LogP contribution in [0.25, 0.3) is 22.3 Å². The summed E-state index contributed by atoms with van der Waals surface area (Å²) < 4.78 is 94.1. The molecule has 2 atom stereocenters. The minimum absolute atomic E-state index is 0.130. The highest BCUT2D eigenvalue weighted by Gasteiger charge is 2.42. The summed E-state index contributed by atoms with van der Waals surface area (Å²) in [6, 6.07) is 89.3. The molecule has 2 heterocycles. The van der Waals surface area contributed by atoms with Crippen LogP contribution in [0, 0.1) is 62.3 Å². The summed E-state index contributed by atoms with van der Waals surface area (Å²) in [5, 5.41) is 12.9. The van der Waals surface area contributed by atoms with Crippen LogP contribution in [-0.2, 0) is 41.0 Å². The molecule has 576 valence electrons. The van der Waals surface area contributed by atoms with Crippen LogP contribution < -0.4 is 68.2 Å². The first-order valence-corrected chi connectivity index (χ1v) is 41.7. The summed E-state index contributed by atoms with van der Waals surface area (Å²) in [4.78, 5) is 0. The lowest BCUT2D eigenvalue weighted by Crippen LogP contribution is -2.26. The highest BCUT2D eigenvalue weighted by Crippen LogP contribution is 2.57. The summed E-state index contributed by atoms with van der Waals surface area (Å²) in [5.41, 5.74) is 18.3. The fourth-order valence-corrected chi connectivity index (χ4v) is 20.1. The molecule has 2 unspecified atom stereocenters. The molecule has 0 fully saturated rings. The van der Waals surface area contributed by atoms with Gasteiger partial charge in [0.05, 0.1) is 21.2 Å². The van der Waals surface area contributed by atoms with Gasteiger partial charge in [0.1, 0.15) is 113 Å². The molecule has 0 bridgehead atoms. The smallest absolute Gasteiger partial charge is 0.311 e. The third kappa shape index (κ3) is 15.8. The summed E-state index contributed by atoms with van der Waals surface area (Å²) in [6.07, 6.45) is 0. The Kier molecular flexibility index (Phi) is 21.1. The van der Waals surface area contributed by atoms with Gasteiger partial charge in [0.15, 0.2) is 0 Å². The molecular formula is C100H88O13P2. The fraction of sp³-hybridized carbons (Fsp3) is 0.160. The summed E-state index contributed by atoms with van der Waals surface area (Å²) in [6.45, 7) is 24.4. The van der Waals surface area contributed by atoms with E-state index < -0.39 is 14.7 Å². The van der Waals surface area contributed by atoms with Crippen molar-refractivity contribution in [1.82, 2.24) is 0 Å². The maximum atomic E-state index is 15.1. The first kappa shape index (κ1) is 76.3. The Labute approximate surface area is 672 Å². The molecule has 2 aliphatic rings. The van der Waals surface area contributed by atoms with Gasteiger partial charge < -0.3 is 52.0 Å². The molecule has 16 rings (SSSR count). The van der Waals surface area contributed by atoms with E-state index in [-0.39, 0.29) is 29.7 Å². The van der Waals surface area contributed by atoms with E-state index in [1.165, 1.54) is 17.2 Å². The van der Waals surface area contributed by atoms with Crippen molar-refractivity contribution in [2.45, 2.75) is 108 Å². The van der Waals surface area contributed by atoms with Crippen LogP contribution >= 0.6 is 14.7 Å². The van der Waals surface area contributed by atoms with Gasteiger partial charge in [0.25, 0.3) is 0 Å². The van der Waals surface area contributed by atoms with E-state index in [1.807, 2.05) is 245 Å². The predicted molar refractivity (Wildman–Crippen MR) is 457 cm³/mol. The number of rotatable bonds is 24. The number of para-hydroxylation sites is 2. The van der Waals surface area contributed by atoms with Crippen LogP contribution in [0.5, 0.6) is 86.2 Å². The van der Waals surface area contributed by atoms with Crippen LogP contribution in [0.2, 0.25) is 0 Å². The second kappa shape index (κ2) is 31.7. The van der Waals surface area contributed by atoms with E-state index >= 15 is 4.57 Å². The summed E-state index contributed by atoms with van der Waals surface area (Å²) in [5.74, 6) is 9.42. The zero-order valence-corrected chi connectivity index (χ0v) is 67.9. The zero-order valence-electron chi connectivity index (χ0n) is 66.1. The molecule has 0 aliphatic carbocycles. The van der Waals surface area contributed by atoms with Crippen LogP contribution in [0.4, 0.5) is 0 Å². The largest absolute Gasteiger partial charge is 0.507 e. The molecule has 14 aromatic carbocycles. The number of phenolic OH excluding ortho intramolecular Hbond substituents is 1. The van der Waals surface area contributed by atoms with E-state index in [4.69, 9.17) is 46.9 Å². The van der Waals surface area contributed by atoms with Gasteiger partial charge in [0.2, 0.25) is 0 Å². The first-order chi connectivity index (χ1) is 55.5. The minimum atomic E-state index is -3.73. The van der Waals surface area contributed by atoms with E-state index in [9.17, 15) is 9.67 Å². The quantitative estimate of drug-likeness (QED) is 0.0573. The Hall–Kier alpha value is -12.7. The second-order valence-electron chi connectivity index (χ2n) is 30.3. The maximum absolute atomic E-state index is 15.1. The van der Waals surface area contributed by atoms with Crippen molar-refractivity contribution in [1.29, 1.82) is 0 Å². The van der Waals surface area contributed by atoms with Crippen molar-refractivity contribution >= 4 is 36.0 Å². The topological polar surface area (TPSA) is 147 Å². The van der Waals surface area contributed by atoms with Crippen molar-refractivity contribution < 1.29 is 61.2 Å². The molecule has 0 spiro atoms. The molecule has 0 saturated heterocycles. The van der Waals surface area contributed by atoms with Crippen molar-refractivity contribution in [2.75, 3.05) is 0 Å². The van der Waals surface area contributed by atoms with Crippen LogP contribution in [0.3, 0.4) is 0 Å². The number of aromatic hydroxyl groups is 1. The first-order valence-electron chi connectivity index (χ1n) is 38.5. The Bertz CT molecular complexity index is 6050. The third-order valence-corrected chi connectivity index (χ3v) is 26.3. The molecular weight excluding hydrogens is 1470 g/mol. The van der Waals surface area contributed by atoms with Crippen molar-refractivity contribution in [3.63, 3.8) is 0 Å². The average molecular weight is 1560 g/mol. The Morgan fingerprint density at radius 1 is 0.296 bits per heavy atom. The SMILES string of the molecule is Cc1ccc(OCc2ccc(Oc3ccc(COc4c(C)cc(Oc5c(C)cc(C(C)(C)c6cc(C)c(Oc7cc(C)c(OCc8ccc(Oc9ccc(COc%10ccc(O)c(P%11(=O)Oc%12ccccc%12-c%12ccccc%12%11)c%10)cc9)cc8)c(C)c7)c(C)c6)cc5C)cc4C)cc3)cc2)c(P2(=O)Oc3ccccc3-c3ccccc32)c1. The number of ether oxygens (including phenoxy) is 8. The van der Waals surface area contributed by atoms with E-state index in [2.05, 4.69) is 79.7 Å². The monoisotopic (exact) mass is 1560 g/mol. The zero-order chi connectivity index (χ0) is 79.9. The van der Waals surface area contributed by atoms with Gasteiger partial charge in [-0.3, -0.25) is 9.13 Å². The molecule has 0 aromatic heterocycles. The van der Waals surface area contributed by atoms with Crippen molar-refractivity contribution in [2.24, 2.45) is 0 Å². The highest BCUT2D eigenvalue weighted by molar-refractivity contribution is 7.75. The lowest BCUT2D eigenvalue weighted by Gasteiger charge is -2.30. The highest BCUT2D eigenvalue weighted by atomic mass is 31.2. The average Bonchev–Trinajstić information content (AvgIpc) is 0.736. The van der Waals surface area contributed by atoms with Crippen molar-refractivity contribution in [3.05, 3.63) is 363 Å². The van der Waals surface area contributed by atoms with Gasteiger partial charge in [-0.05, 0) is 284 Å². The molecule has 13 nitrogen and oxygen atoms in total. The molecule has 0 saturated carbocycles. The van der Waals surface area contributed by atoms with Crippen molar-refractivity contribution in [3.8, 4) is 108 Å². The third-order valence-electron chi connectivity index (χ3n) is 21.3. The molecule has 14 aromatic rings. The number of aryl methyl sites for hydroxylation is 9. The number of hydrogen-bond donors (Lipinski definition) is 1. The number of phenols is 1. The number of benzene rings is 14. The van der Waals surface area contributed by atoms with Crippen LogP contribution in [-0.4, -0.2) is 5.11 Å². The van der Waals surface area contributed by atoms with Crippen LogP contribution in [0.15, 0.2) is 279 Å². The van der Waals surface area contributed by atoms with Gasteiger partial charge >= 0.3 is 14.7 Å². The molecule has 1 N–H and O–H groups in total. The molecule has 0 amide bonds. The molecule has 15 heteroatoms. The Morgan fingerprint density at radius 2 is 0.635 bits per heavy atom. The lowest BCUT2D eigenvalue weighted by molar-refractivity contribution is 0.301. The van der Waals surface area contributed by atoms with E-state index in [0.717, 1.165) is 129 Å². The lowest BCUT2D eigenvalue weighted by atomic mass is 9.76. The van der Waals surface area contributed by atoms with E-state index in [1.54, 1.807) is 24.3 Å². The van der Waals surface area contributed by atoms with Crippen LogP contribution in [0.1, 0.15) is 97.3 Å². The van der Waals surface area contributed by atoms with Gasteiger partial charge in [-0.25, -0.2) is 0 Å². The maximum Gasteiger partial charge on any atom is 0.311 e. The van der Waals surface area contributed by atoms with Gasteiger partial charge in [-0.15, -0.1) is 0 Å². The molecule has 0 radical (unpaired) electrons. The van der Waals surface area contributed by atoms with Gasteiger partial charge in [0, 0.05) is 16.5 Å². The number of hydrogen-bond acceptors (Lipinski definition) is 13. The van der Waals surface area contributed by atoms with Gasteiger partial charge in [-0.2, -0.15) is 0 Å². The standard InChI is InChI=1S/C100H88O13P2/c1-62-28-47-91(95(48-62)115(103)93-27-19-15-23-87(93)85-21-13-17-25-90(85)113-115)105-59-72-31-39-78(40-32-72)109-80-43-35-74(36-44-80)61-107-97-69(8)55-83(56-70(97)9)111-99-65(4)51-76(52-66(99)5)100(10,11)75-49-63(2)98(64(3)50-75)110-82-53-67(6)96(68(7)54-82)106-60-73-33-41-79(42-34-73)108-77-37-29-71(30-38-77)58-104-81-45-46-88(101)94(57-81)114(102)92-26-18-14-22-86(92)84-20-12-16-24-89(84)112-114/h12-57,101H,58-61H2,1-11H3. The van der Waals surface area contributed by atoms with Gasteiger partial charge in [-0.1, -0.05) is 166 Å². The number of fused-ring (bicyclic) bond motifs is 6. The summed E-state index contributed by atoms with van der Waals surface area (Å²) >= 11 is 0.